The summed E-state index contributed by atoms with van der Waals surface area (Å²) in [6.07, 6.45) is 3.63. The average Bonchev–Trinajstić information content (AvgIpc) is 2.66. The normalized spacial score (nSPS) is 16.0. The number of halogens is 1. The van der Waals surface area contributed by atoms with Crippen LogP contribution in [0.1, 0.15) is 36.1 Å². The Morgan fingerprint density at radius 1 is 1.24 bits per heavy atom. The third-order valence-corrected chi connectivity index (χ3v) is 4.60. The lowest BCUT2D eigenvalue weighted by atomic mass is 9.91. The molecule has 3 rings (SSSR count). The van der Waals surface area contributed by atoms with Gasteiger partial charge in [0.05, 0.1) is 6.61 Å². The van der Waals surface area contributed by atoms with E-state index in [2.05, 4.69) is 22.1 Å². The lowest BCUT2D eigenvalue weighted by molar-refractivity contribution is 0.279. The van der Waals surface area contributed by atoms with E-state index < -0.39 is 0 Å². The first-order valence-corrected chi connectivity index (χ1v) is 8.90. The predicted octanol–water partition coefficient (Wildman–Crippen LogP) is 2.10. The molecule has 1 aromatic carbocycles. The monoisotopic (exact) mass is 344 g/mol. The second-order valence-corrected chi connectivity index (χ2v) is 6.35. The van der Waals surface area contributed by atoms with Crippen LogP contribution >= 0.6 is 0 Å². The second-order valence-electron chi connectivity index (χ2n) is 6.35. The van der Waals surface area contributed by atoms with Crippen LogP contribution in [0.2, 0.25) is 0 Å². The molecule has 1 aromatic heterocycles. The zero-order valence-corrected chi connectivity index (χ0v) is 14.6. The van der Waals surface area contributed by atoms with Gasteiger partial charge in [-0.2, -0.15) is 0 Å². The lowest BCUT2D eigenvalue weighted by Gasteiger charge is -2.28. The number of aliphatic hydroxyl groups excluding tert-OH is 1. The number of aromatic nitrogens is 2. The maximum absolute atomic E-state index is 13.2. The Kier molecular flexibility index (Phi) is 5.94. The summed E-state index contributed by atoms with van der Waals surface area (Å²) >= 11 is 0. The van der Waals surface area contributed by atoms with Crippen molar-refractivity contribution in [1.82, 2.24) is 15.3 Å². The quantitative estimate of drug-likeness (QED) is 0.840. The van der Waals surface area contributed by atoms with Gasteiger partial charge in [0, 0.05) is 49.6 Å². The SMILES string of the molecule is CCCc1nc(N2CCNCC2)ncc1[C@@H](CO)c1ccc(F)cc1. The maximum Gasteiger partial charge on any atom is 0.225 e. The molecule has 134 valence electrons. The molecular weight excluding hydrogens is 319 g/mol. The van der Waals surface area contributed by atoms with Crippen LogP contribution in [0.15, 0.2) is 30.5 Å². The molecule has 25 heavy (non-hydrogen) atoms. The molecule has 1 aliphatic heterocycles. The number of rotatable bonds is 6. The van der Waals surface area contributed by atoms with Gasteiger partial charge in [-0.1, -0.05) is 25.5 Å². The summed E-state index contributed by atoms with van der Waals surface area (Å²) in [4.78, 5) is 11.5. The van der Waals surface area contributed by atoms with Crippen LogP contribution in [0.4, 0.5) is 10.3 Å². The van der Waals surface area contributed by atoms with Crippen LogP contribution in [0.3, 0.4) is 0 Å². The summed E-state index contributed by atoms with van der Waals surface area (Å²) in [5, 5.41) is 13.3. The topological polar surface area (TPSA) is 61.3 Å². The van der Waals surface area contributed by atoms with Crippen molar-refractivity contribution in [2.45, 2.75) is 25.7 Å². The van der Waals surface area contributed by atoms with Crippen molar-refractivity contribution in [2.75, 3.05) is 37.7 Å². The van der Waals surface area contributed by atoms with Gasteiger partial charge >= 0.3 is 0 Å². The summed E-state index contributed by atoms with van der Waals surface area (Å²) < 4.78 is 13.2. The molecule has 1 fully saturated rings. The van der Waals surface area contributed by atoms with Gasteiger partial charge < -0.3 is 15.3 Å². The number of aliphatic hydroxyl groups is 1. The highest BCUT2D eigenvalue weighted by Crippen LogP contribution is 2.28. The minimum absolute atomic E-state index is 0.0569. The van der Waals surface area contributed by atoms with Gasteiger partial charge in [-0.3, -0.25) is 0 Å². The first kappa shape index (κ1) is 17.8. The summed E-state index contributed by atoms with van der Waals surface area (Å²) in [5.41, 5.74) is 2.77. The Morgan fingerprint density at radius 3 is 2.60 bits per heavy atom. The van der Waals surface area contributed by atoms with E-state index in [-0.39, 0.29) is 18.3 Å². The van der Waals surface area contributed by atoms with Crippen LogP contribution in [0.5, 0.6) is 0 Å². The van der Waals surface area contributed by atoms with Gasteiger partial charge in [-0.05, 0) is 24.1 Å². The van der Waals surface area contributed by atoms with Crippen molar-refractivity contribution in [1.29, 1.82) is 0 Å². The molecule has 0 spiro atoms. The molecule has 1 saturated heterocycles. The van der Waals surface area contributed by atoms with Crippen molar-refractivity contribution in [2.24, 2.45) is 0 Å². The maximum atomic E-state index is 13.2. The van der Waals surface area contributed by atoms with Crippen molar-refractivity contribution < 1.29 is 9.50 Å². The zero-order chi connectivity index (χ0) is 17.6. The molecule has 0 aliphatic carbocycles. The Hall–Kier alpha value is -2.05. The fourth-order valence-electron chi connectivity index (χ4n) is 3.24. The Balaban J connectivity index is 1.94. The highest BCUT2D eigenvalue weighted by atomic mass is 19.1. The summed E-state index contributed by atoms with van der Waals surface area (Å²) in [6.45, 7) is 5.71. The van der Waals surface area contributed by atoms with Gasteiger partial charge in [0.1, 0.15) is 5.82 Å². The van der Waals surface area contributed by atoms with Crippen molar-refractivity contribution >= 4 is 5.95 Å². The van der Waals surface area contributed by atoms with Gasteiger partial charge in [0.25, 0.3) is 0 Å². The molecule has 0 saturated carbocycles. The molecule has 2 aromatic rings. The number of hydrogen-bond donors (Lipinski definition) is 2. The molecule has 2 heterocycles. The Labute approximate surface area is 147 Å². The van der Waals surface area contributed by atoms with Gasteiger partial charge in [-0.25, -0.2) is 14.4 Å². The number of aryl methyl sites for hydroxylation is 1. The first-order valence-electron chi connectivity index (χ1n) is 8.90. The van der Waals surface area contributed by atoms with Crippen molar-refractivity contribution in [3.63, 3.8) is 0 Å². The minimum atomic E-state index is -0.278. The minimum Gasteiger partial charge on any atom is -0.395 e. The molecule has 6 heteroatoms. The molecule has 2 N–H and O–H groups in total. The van der Waals surface area contributed by atoms with Gasteiger partial charge in [0.2, 0.25) is 5.95 Å². The first-order chi connectivity index (χ1) is 12.2. The number of benzene rings is 1. The molecular formula is C19H25FN4O. The molecule has 0 bridgehead atoms. The second kappa shape index (κ2) is 8.36. The average molecular weight is 344 g/mol. The van der Waals surface area contributed by atoms with Crippen LogP contribution in [0.25, 0.3) is 0 Å². The van der Waals surface area contributed by atoms with E-state index in [0.29, 0.717) is 0 Å². The fraction of sp³-hybridized carbons (Fsp3) is 0.474. The number of piperazine rings is 1. The summed E-state index contributed by atoms with van der Waals surface area (Å²) in [6, 6.07) is 6.28. The highest BCUT2D eigenvalue weighted by molar-refractivity contribution is 5.39. The van der Waals surface area contributed by atoms with E-state index in [9.17, 15) is 9.50 Å². The fourth-order valence-corrected chi connectivity index (χ4v) is 3.24. The number of nitrogens with zero attached hydrogens (tertiary/aromatic N) is 3. The van der Waals surface area contributed by atoms with Crippen LogP contribution < -0.4 is 10.2 Å². The summed E-state index contributed by atoms with van der Waals surface area (Å²) in [5.74, 6) is 0.239. The van der Waals surface area contributed by atoms with Crippen molar-refractivity contribution in [3.05, 3.63) is 53.1 Å². The van der Waals surface area contributed by atoms with Gasteiger partial charge in [0.15, 0.2) is 0 Å². The predicted molar refractivity (Wildman–Crippen MR) is 96.4 cm³/mol. The van der Waals surface area contributed by atoms with E-state index in [4.69, 9.17) is 4.98 Å². The molecule has 5 nitrogen and oxygen atoms in total. The Morgan fingerprint density at radius 2 is 1.96 bits per heavy atom. The molecule has 1 aliphatic rings. The van der Waals surface area contributed by atoms with E-state index in [0.717, 1.165) is 61.8 Å². The molecule has 0 unspecified atom stereocenters. The van der Waals surface area contributed by atoms with E-state index in [1.54, 1.807) is 12.1 Å². The zero-order valence-electron chi connectivity index (χ0n) is 14.6. The third-order valence-electron chi connectivity index (χ3n) is 4.60. The van der Waals surface area contributed by atoms with Crippen LogP contribution in [0, 0.1) is 5.82 Å². The van der Waals surface area contributed by atoms with E-state index >= 15 is 0 Å². The molecule has 0 amide bonds. The van der Waals surface area contributed by atoms with E-state index in [1.807, 2.05) is 6.20 Å². The molecule has 1 atom stereocenters. The molecule has 0 radical (unpaired) electrons. The van der Waals surface area contributed by atoms with Gasteiger partial charge in [-0.15, -0.1) is 0 Å². The smallest absolute Gasteiger partial charge is 0.225 e. The number of anilines is 1. The summed E-state index contributed by atoms with van der Waals surface area (Å²) in [7, 11) is 0. The number of hydrogen-bond acceptors (Lipinski definition) is 5. The van der Waals surface area contributed by atoms with Crippen LogP contribution in [-0.2, 0) is 6.42 Å². The largest absolute Gasteiger partial charge is 0.395 e. The lowest BCUT2D eigenvalue weighted by Crippen LogP contribution is -2.44. The van der Waals surface area contributed by atoms with Crippen LogP contribution in [-0.4, -0.2) is 47.9 Å². The number of nitrogens with one attached hydrogen (secondary N) is 1. The standard InChI is InChI=1S/C19H25FN4O/c1-2-3-18-16(17(13-25)14-4-6-15(20)7-5-14)12-22-19(23-18)24-10-8-21-9-11-24/h4-7,12,17,21,25H,2-3,8-11,13H2,1H3/t17-/m0/s1. The Bertz CT molecular complexity index is 686. The highest BCUT2D eigenvalue weighted by Gasteiger charge is 2.21. The van der Waals surface area contributed by atoms with Crippen molar-refractivity contribution in [3.8, 4) is 0 Å². The third kappa shape index (κ3) is 4.14. The van der Waals surface area contributed by atoms with E-state index in [1.165, 1.54) is 12.1 Å².